The smallest absolute Gasteiger partial charge is 0.356 e. The molecule has 3 rings (SSSR count). The number of carbonyl (C=O) groups excluding carboxylic acids is 3. The maximum absolute atomic E-state index is 13.1. The third kappa shape index (κ3) is 4.54. The fourth-order valence-corrected chi connectivity index (χ4v) is 3.47. The molecule has 1 aromatic carbocycles. The van der Waals surface area contributed by atoms with Crippen molar-refractivity contribution in [3.05, 3.63) is 58.4 Å². The second-order valence-electron chi connectivity index (χ2n) is 6.98. The fourth-order valence-electron chi connectivity index (χ4n) is 3.47. The lowest BCUT2D eigenvalue weighted by Gasteiger charge is -2.30. The SMILES string of the molecule is CCOC(=O)c1c(C)[nH]c(C(=O)O[C@H](C(=O)N2CCOCC2)c2ccccc2)c1C. The normalized spacial score (nSPS) is 14.8. The molecule has 0 spiro atoms. The number of esters is 2. The van der Waals surface area contributed by atoms with Crippen molar-refractivity contribution < 1.29 is 28.6 Å². The Morgan fingerprint density at radius 3 is 2.40 bits per heavy atom. The van der Waals surface area contributed by atoms with Crippen molar-refractivity contribution >= 4 is 17.8 Å². The molecule has 30 heavy (non-hydrogen) atoms. The van der Waals surface area contributed by atoms with Crippen molar-refractivity contribution in [1.82, 2.24) is 9.88 Å². The van der Waals surface area contributed by atoms with Gasteiger partial charge in [-0.1, -0.05) is 30.3 Å². The molecule has 1 saturated heterocycles. The second kappa shape index (κ2) is 9.58. The summed E-state index contributed by atoms with van der Waals surface area (Å²) in [5, 5.41) is 0. The van der Waals surface area contributed by atoms with Crippen molar-refractivity contribution in [2.75, 3.05) is 32.9 Å². The summed E-state index contributed by atoms with van der Waals surface area (Å²) < 4.78 is 16.0. The number of hydrogen-bond donors (Lipinski definition) is 1. The minimum atomic E-state index is -1.09. The number of amides is 1. The van der Waals surface area contributed by atoms with Crippen LogP contribution in [0, 0.1) is 13.8 Å². The van der Waals surface area contributed by atoms with Crippen LogP contribution in [0.5, 0.6) is 0 Å². The highest BCUT2D eigenvalue weighted by molar-refractivity contribution is 5.99. The molecule has 1 atom stereocenters. The maximum Gasteiger partial charge on any atom is 0.356 e. The quantitative estimate of drug-likeness (QED) is 0.730. The van der Waals surface area contributed by atoms with Crippen LogP contribution in [-0.2, 0) is 19.0 Å². The number of benzene rings is 1. The van der Waals surface area contributed by atoms with E-state index in [1.165, 1.54) is 0 Å². The van der Waals surface area contributed by atoms with Crippen LogP contribution in [-0.4, -0.2) is 60.6 Å². The summed E-state index contributed by atoms with van der Waals surface area (Å²) in [4.78, 5) is 42.9. The number of aryl methyl sites for hydroxylation is 1. The van der Waals surface area contributed by atoms with Gasteiger partial charge in [-0.2, -0.15) is 0 Å². The van der Waals surface area contributed by atoms with Crippen LogP contribution in [0.4, 0.5) is 0 Å². The molecule has 1 fully saturated rings. The topological polar surface area (TPSA) is 97.9 Å². The van der Waals surface area contributed by atoms with E-state index in [0.717, 1.165) is 0 Å². The van der Waals surface area contributed by atoms with E-state index in [0.29, 0.717) is 48.7 Å². The fraction of sp³-hybridized carbons (Fsp3) is 0.409. The van der Waals surface area contributed by atoms with E-state index in [-0.39, 0.29) is 18.2 Å². The number of rotatable bonds is 6. The number of morpholine rings is 1. The van der Waals surface area contributed by atoms with E-state index in [1.54, 1.807) is 49.9 Å². The monoisotopic (exact) mass is 414 g/mol. The first-order chi connectivity index (χ1) is 14.4. The van der Waals surface area contributed by atoms with Gasteiger partial charge in [0.15, 0.2) is 0 Å². The van der Waals surface area contributed by atoms with E-state index in [4.69, 9.17) is 14.2 Å². The van der Waals surface area contributed by atoms with Crippen LogP contribution in [0.2, 0.25) is 0 Å². The third-order valence-corrected chi connectivity index (χ3v) is 5.00. The minimum Gasteiger partial charge on any atom is -0.462 e. The average molecular weight is 414 g/mol. The molecular weight excluding hydrogens is 388 g/mol. The van der Waals surface area contributed by atoms with Crippen LogP contribution >= 0.6 is 0 Å². The van der Waals surface area contributed by atoms with E-state index in [2.05, 4.69) is 4.98 Å². The van der Waals surface area contributed by atoms with Crippen LogP contribution in [0.25, 0.3) is 0 Å². The Morgan fingerprint density at radius 1 is 1.10 bits per heavy atom. The van der Waals surface area contributed by atoms with Gasteiger partial charge in [-0.05, 0) is 26.3 Å². The predicted molar refractivity (Wildman–Crippen MR) is 108 cm³/mol. The Bertz CT molecular complexity index is 915. The van der Waals surface area contributed by atoms with E-state index >= 15 is 0 Å². The van der Waals surface area contributed by atoms with Crippen LogP contribution in [0.15, 0.2) is 30.3 Å². The largest absolute Gasteiger partial charge is 0.462 e. The Labute approximate surface area is 175 Å². The van der Waals surface area contributed by atoms with E-state index in [1.807, 2.05) is 6.07 Å². The number of hydrogen-bond acceptors (Lipinski definition) is 6. The summed E-state index contributed by atoms with van der Waals surface area (Å²) in [7, 11) is 0. The van der Waals surface area contributed by atoms with Gasteiger partial charge in [-0.15, -0.1) is 0 Å². The van der Waals surface area contributed by atoms with Crippen molar-refractivity contribution in [2.45, 2.75) is 26.9 Å². The molecule has 1 amide bonds. The molecule has 2 aromatic rings. The molecule has 160 valence electrons. The zero-order valence-electron chi connectivity index (χ0n) is 17.4. The molecule has 8 heteroatoms. The Kier molecular flexibility index (Phi) is 6.89. The number of nitrogens with zero attached hydrogens (tertiary/aromatic N) is 1. The number of carbonyl (C=O) groups is 3. The molecule has 0 saturated carbocycles. The maximum atomic E-state index is 13.1. The third-order valence-electron chi connectivity index (χ3n) is 5.00. The summed E-state index contributed by atoms with van der Waals surface area (Å²) in [6.07, 6.45) is -1.09. The molecule has 0 radical (unpaired) electrons. The highest BCUT2D eigenvalue weighted by atomic mass is 16.6. The molecule has 1 aromatic heterocycles. The van der Waals surface area contributed by atoms with Gasteiger partial charge in [-0.25, -0.2) is 9.59 Å². The van der Waals surface area contributed by atoms with Crippen molar-refractivity contribution in [1.29, 1.82) is 0 Å². The van der Waals surface area contributed by atoms with Crippen LogP contribution in [0.3, 0.4) is 0 Å². The average Bonchev–Trinajstić information content (AvgIpc) is 3.07. The first-order valence-electron chi connectivity index (χ1n) is 9.92. The van der Waals surface area contributed by atoms with Gasteiger partial charge < -0.3 is 24.1 Å². The zero-order chi connectivity index (χ0) is 21.7. The highest BCUT2D eigenvalue weighted by Crippen LogP contribution is 2.25. The van der Waals surface area contributed by atoms with Gasteiger partial charge in [0.1, 0.15) is 5.69 Å². The van der Waals surface area contributed by atoms with Gasteiger partial charge in [0.2, 0.25) is 6.10 Å². The van der Waals surface area contributed by atoms with Crippen molar-refractivity contribution in [3.8, 4) is 0 Å². The van der Waals surface area contributed by atoms with Gasteiger partial charge >= 0.3 is 11.9 Å². The molecule has 1 aliphatic heterocycles. The molecule has 2 heterocycles. The second-order valence-corrected chi connectivity index (χ2v) is 6.98. The molecule has 0 aliphatic carbocycles. The number of aromatic amines is 1. The van der Waals surface area contributed by atoms with Crippen LogP contribution in [0.1, 0.15) is 50.7 Å². The summed E-state index contributed by atoms with van der Waals surface area (Å²) in [5.74, 6) is -1.52. The lowest BCUT2D eigenvalue weighted by atomic mass is 10.1. The van der Waals surface area contributed by atoms with Crippen LogP contribution < -0.4 is 0 Å². The first-order valence-corrected chi connectivity index (χ1v) is 9.92. The van der Waals surface area contributed by atoms with Gasteiger partial charge in [0.25, 0.3) is 5.91 Å². The van der Waals surface area contributed by atoms with Gasteiger partial charge in [-0.3, -0.25) is 4.79 Å². The Morgan fingerprint density at radius 2 is 1.77 bits per heavy atom. The Balaban J connectivity index is 1.88. The van der Waals surface area contributed by atoms with E-state index < -0.39 is 18.0 Å². The first kappa shape index (κ1) is 21.6. The van der Waals surface area contributed by atoms with E-state index in [9.17, 15) is 14.4 Å². The molecule has 0 unspecified atom stereocenters. The lowest BCUT2D eigenvalue weighted by molar-refractivity contribution is -0.145. The van der Waals surface area contributed by atoms with Gasteiger partial charge in [0.05, 0.1) is 25.4 Å². The summed E-state index contributed by atoms with van der Waals surface area (Å²) >= 11 is 0. The number of H-pyrrole nitrogens is 1. The molecule has 0 bridgehead atoms. The highest BCUT2D eigenvalue weighted by Gasteiger charge is 2.32. The van der Waals surface area contributed by atoms with Gasteiger partial charge in [0, 0.05) is 24.3 Å². The zero-order valence-corrected chi connectivity index (χ0v) is 17.4. The molecular formula is C22H26N2O6. The number of aromatic nitrogens is 1. The van der Waals surface area contributed by atoms with Crippen molar-refractivity contribution in [2.24, 2.45) is 0 Å². The number of ether oxygens (including phenoxy) is 3. The standard InChI is InChI=1S/C22H26N2O6/c1-4-29-21(26)17-14(2)18(23-15(17)3)22(27)30-19(16-8-6-5-7-9-16)20(25)24-10-12-28-13-11-24/h5-9,19,23H,4,10-13H2,1-3H3/t19-/m0/s1. The minimum absolute atomic E-state index is 0.131. The Hall–Kier alpha value is -3.13. The lowest BCUT2D eigenvalue weighted by Crippen LogP contribution is -2.44. The molecule has 8 nitrogen and oxygen atoms in total. The summed E-state index contributed by atoms with van der Waals surface area (Å²) in [6.45, 7) is 7.04. The van der Waals surface area contributed by atoms with Crippen molar-refractivity contribution in [3.63, 3.8) is 0 Å². The number of nitrogens with one attached hydrogen (secondary N) is 1. The molecule has 1 N–H and O–H groups in total. The molecule has 1 aliphatic rings. The summed E-state index contributed by atoms with van der Waals surface area (Å²) in [5.41, 5.74) is 1.95. The predicted octanol–water partition coefficient (Wildman–Crippen LogP) is 2.57. The summed E-state index contributed by atoms with van der Waals surface area (Å²) in [6, 6.07) is 8.88.